The van der Waals surface area contributed by atoms with Gasteiger partial charge in [0.2, 0.25) is 0 Å². The molecule has 2 heterocycles. The maximum Gasteiger partial charge on any atom is 0.422 e. The number of carbonyl (C=O) groups excluding carboxylic acids is 1. The molecule has 25 heavy (non-hydrogen) atoms. The average molecular weight is 351 g/mol. The van der Waals surface area contributed by atoms with Gasteiger partial charge in [-0.2, -0.15) is 17.7 Å². The summed E-state index contributed by atoms with van der Waals surface area (Å²) in [6.45, 7) is 0.222. The highest BCUT2D eigenvalue weighted by atomic mass is 19.4. The van der Waals surface area contributed by atoms with Crippen LogP contribution in [0.1, 0.15) is 15.9 Å². The number of nitrogens with zero attached hydrogens (tertiary/aromatic N) is 4. The predicted octanol–water partition coefficient (Wildman–Crippen LogP) is 2.63. The van der Waals surface area contributed by atoms with Crippen LogP contribution in [0, 0.1) is 6.92 Å². The first kappa shape index (κ1) is 16.7. The molecule has 0 bridgehead atoms. The molecular formula is C15H12F3N5O2. The van der Waals surface area contributed by atoms with E-state index in [-0.39, 0.29) is 5.75 Å². The molecule has 0 fully saturated rings. The highest BCUT2D eigenvalue weighted by Crippen LogP contribution is 2.25. The number of pyridine rings is 1. The Labute approximate surface area is 139 Å². The van der Waals surface area contributed by atoms with Crippen LogP contribution in [0.15, 0.2) is 36.5 Å². The number of aryl methyl sites for hydroxylation is 1. The molecule has 0 radical (unpaired) electrons. The van der Waals surface area contributed by atoms with E-state index in [1.807, 2.05) is 0 Å². The quantitative estimate of drug-likeness (QED) is 0.781. The van der Waals surface area contributed by atoms with Crippen molar-refractivity contribution in [3.63, 3.8) is 0 Å². The van der Waals surface area contributed by atoms with Gasteiger partial charge in [-0.05, 0) is 53.2 Å². The molecule has 0 aliphatic heterocycles. The lowest BCUT2D eigenvalue weighted by Crippen LogP contribution is -2.19. The number of hydrogen-bond acceptors (Lipinski definition) is 5. The Kier molecular flexibility index (Phi) is 4.26. The molecule has 1 N–H and O–H groups in total. The van der Waals surface area contributed by atoms with Crippen LogP contribution >= 0.6 is 0 Å². The minimum atomic E-state index is -4.41. The molecule has 1 amide bonds. The zero-order chi connectivity index (χ0) is 18.0. The van der Waals surface area contributed by atoms with Crippen molar-refractivity contribution in [1.29, 1.82) is 0 Å². The molecule has 0 atom stereocenters. The van der Waals surface area contributed by atoms with Gasteiger partial charge in [0, 0.05) is 11.9 Å². The molecule has 0 spiro atoms. The zero-order valence-electron chi connectivity index (χ0n) is 12.9. The molecule has 3 rings (SSSR count). The number of halogens is 3. The highest BCUT2D eigenvalue weighted by Gasteiger charge is 2.28. The van der Waals surface area contributed by atoms with Gasteiger partial charge >= 0.3 is 6.18 Å². The molecule has 0 unspecified atom stereocenters. The summed E-state index contributed by atoms with van der Waals surface area (Å²) in [6, 6.07) is 7.52. The van der Waals surface area contributed by atoms with Crippen molar-refractivity contribution in [2.24, 2.45) is 0 Å². The topological polar surface area (TPSA) is 81.4 Å². The Morgan fingerprint density at radius 1 is 1.28 bits per heavy atom. The molecule has 2 aromatic heterocycles. The lowest BCUT2D eigenvalue weighted by Gasteiger charge is -2.13. The predicted molar refractivity (Wildman–Crippen MR) is 81.5 cm³/mol. The maximum atomic E-state index is 12.3. The lowest BCUT2D eigenvalue weighted by molar-refractivity contribution is -0.153. The first-order chi connectivity index (χ1) is 11.8. The van der Waals surface area contributed by atoms with Gasteiger partial charge in [-0.3, -0.25) is 4.79 Å². The minimum Gasteiger partial charge on any atom is -0.484 e. The number of aromatic nitrogens is 4. The summed E-state index contributed by atoms with van der Waals surface area (Å²) in [7, 11) is 0. The fourth-order valence-corrected chi connectivity index (χ4v) is 2.13. The zero-order valence-corrected chi connectivity index (χ0v) is 12.9. The Morgan fingerprint density at radius 3 is 2.80 bits per heavy atom. The van der Waals surface area contributed by atoms with Gasteiger partial charge in [0.15, 0.2) is 12.3 Å². The minimum absolute atomic E-state index is 0.102. The van der Waals surface area contributed by atoms with Crippen LogP contribution < -0.4 is 10.1 Å². The van der Waals surface area contributed by atoms with Gasteiger partial charge in [-0.25, -0.2) is 0 Å². The first-order valence-electron chi connectivity index (χ1n) is 7.11. The fourth-order valence-electron chi connectivity index (χ4n) is 2.13. The summed E-state index contributed by atoms with van der Waals surface area (Å²) in [5.74, 6) is -0.300. The van der Waals surface area contributed by atoms with Gasteiger partial charge in [0.1, 0.15) is 5.75 Å². The molecule has 7 nitrogen and oxygen atoms in total. The Bertz CT molecular complexity index is 923. The van der Waals surface area contributed by atoms with Crippen LogP contribution in [0.5, 0.6) is 5.75 Å². The number of fused-ring (bicyclic) bond motifs is 1. The summed E-state index contributed by atoms with van der Waals surface area (Å²) < 4.78 is 42.7. The van der Waals surface area contributed by atoms with E-state index in [9.17, 15) is 18.0 Å². The van der Waals surface area contributed by atoms with Crippen molar-refractivity contribution >= 4 is 17.2 Å². The summed E-state index contributed by atoms with van der Waals surface area (Å²) >= 11 is 0. The monoisotopic (exact) mass is 351 g/mol. The Hall–Kier alpha value is -3.17. The molecule has 1 aromatic carbocycles. The average Bonchev–Trinajstić information content (AvgIpc) is 3.00. The number of anilines is 1. The van der Waals surface area contributed by atoms with Crippen LogP contribution in [-0.4, -0.2) is 38.7 Å². The normalized spacial score (nSPS) is 11.5. The third-order valence-electron chi connectivity index (χ3n) is 3.28. The van der Waals surface area contributed by atoms with Gasteiger partial charge < -0.3 is 10.1 Å². The number of ether oxygens (including phenoxy) is 1. The fraction of sp³-hybridized carbons (Fsp3) is 0.200. The Morgan fingerprint density at radius 2 is 2.08 bits per heavy atom. The first-order valence-corrected chi connectivity index (χ1v) is 7.11. The van der Waals surface area contributed by atoms with Crippen molar-refractivity contribution in [1.82, 2.24) is 20.0 Å². The van der Waals surface area contributed by atoms with Crippen molar-refractivity contribution < 1.29 is 22.7 Å². The van der Waals surface area contributed by atoms with E-state index in [1.54, 1.807) is 19.1 Å². The number of carbonyl (C=O) groups is 1. The van der Waals surface area contributed by atoms with Gasteiger partial charge in [0.05, 0.1) is 5.56 Å². The van der Waals surface area contributed by atoms with Crippen LogP contribution in [0.4, 0.5) is 18.9 Å². The number of rotatable bonds is 4. The van der Waals surface area contributed by atoms with Crippen LogP contribution in [0.3, 0.4) is 0 Å². The lowest BCUT2D eigenvalue weighted by atomic mass is 10.2. The van der Waals surface area contributed by atoms with Crippen LogP contribution in [0.25, 0.3) is 5.65 Å². The largest absolute Gasteiger partial charge is 0.484 e. The van der Waals surface area contributed by atoms with E-state index in [0.717, 1.165) is 0 Å². The molecule has 0 saturated heterocycles. The van der Waals surface area contributed by atoms with Crippen molar-refractivity contribution in [3.8, 4) is 5.75 Å². The van der Waals surface area contributed by atoms with Gasteiger partial charge in [0.25, 0.3) is 5.91 Å². The second-order valence-electron chi connectivity index (χ2n) is 5.24. The standard InChI is InChI=1S/C15H12F3N5O2/c1-9-6-11(3-4-12(9)25-8-15(16,17)18)19-14(24)10-2-5-13-20-21-22-23(13)7-10/h2-7H,8H2,1H3,(H,19,24). The van der Waals surface area contributed by atoms with Crippen LogP contribution in [-0.2, 0) is 0 Å². The second-order valence-corrected chi connectivity index (χ2v) is 5.24. The Balaban J connectivity index is 1.71. The third-order valence-corrected chi connectivity index (χ3v) is 3.28. The van der Waals surface area contributed by atoms with E-state index >= 15 is 0 Å². The molecule has 0 aliphatic rings. The molecule has 3 aromatic rings. The number of benzene rings is 1. The summed E-state index contributed by atoms with van der Waals surface area (Å²) in [4.78, 5) is 12.3. The molecule has 0 aliphatic carbocycles. The summed E-state index contributed by atoms with van der Waals surface area (Å²) in [5.41, 5.74) is 1.73. The smallest absolute Gasteiger partial charge is 0.422 e. The van der Waals surface area contributed by atoms with E-state index in [4.69, 9.17) is 4.74 Å². The van der Waals surface area contributed by atoms with E-state index in [1.165, 1.54) is 28.9 Å². The SMILES string of the molecule is Cc1cc(NC(=O)c2ccc3nnnn3c2)ccc1OCC(F)(F)F. The van der Waals surface area contributed by atoms with Gasteiger partial charge in [-0.15, -0.1) is 5.10 Å². The maximum absolute atomic E-state index is 12.3. The number of alkyl halides is 3. The van der Waals surface area contributed by atoms with Crippen molar-refractivity contribution in [2.75, 3.05) is 11.9 Å². The number of tetrazole rings is 1. The summed E-state index contributed by atoms with van der Waals surface area (Å²) in [6.07, 6.45) is -2.94. The van der Waals surface area contributed by atoms with E-state index in [0.29, 0.717) is 22.5 Å². The molecule has 10 heteroatoms. The van der Waals surface area contributed by atoms with E-state index < -0.39 is 18.7 Å². The molecular weight excluding hydrogens is 339 g/mol. The number of nitrogens with one attached hydrogen (secondary N) is 1. The van der Waals surface area contributed by atoms with Crippen molar-refractivity contribution in [3.05, 3.63) is 47.7 Å². The highest BCUT2D eigenvalue weighted by molar-refractivity contribution is 6.04. The molecule has 0 saturated carbocycles. The molecule has 130 valence electrons. The number of hydrogen-bond donors (Lipinski definition) is 1. The number of amides is 1. The van der Waals surface area contributed by atoms with E-state index in [2.05, 4.69) is 20.8 Å². The van der Waals surface area contributed by atoms with Crippen molar-refractivity contribution in [2.45, 2.75) is 13.1 Å². The van der Waals surface area contributed by atoms with Gasteiger partial charge in [-0.1, -0.05) is 0 Å². The summed E-state index contributed by atoms with van der Waals surface area (Å²) in [5, 5.41) is 13.6. The van der Waals surface area contributed by atoms with Crippen LogP contribution in [0.2, 0.25) is 0 Å². The third kappa shape index (κ3) is 4.03. The second kappa shape index (κ2) is 6.38.